The van der Waals surface area contributed by atoms with E-state index >= 15 is 0 Å². The fourth-order valence-corrected chi connectivity index (χ4v) is 7.32. The van der Waals surface area contributed by atoms with Gasteiger partial charge in [-0.2, -0.15) is 0 Å². The van der Waals surface area contributed by atoms with E-state index in [0.717, 1.165) is 36.5 Å². The molecule has 0 aliphatic heterocycles. The molecule has 1 nitrogen and oxygen atoms in total. The molecular weight excluding hydrogens is 244 g/mol. The maximum atomic E-state index is 10.2. The summed E-state index contributed by atoms with van der Waals surface area (Å²) in [5.74, 6) is 3.76. The van der Waals surface area contributed by atoms with Crippen molar-refractivity contribution in [2.45, 2.75) is 84.2 Å². The van der Waals surface area contributed by atoms with Crippen molar-refractivity contribution in [1.29, 1.82) is 0 Å². The third-order valence-corrected chi connectivity index (χ3v) is 8.33. The number of fused-ring (bicyclic) bond motifs is 5. The largest absolute Gasteiger partial charge is 0.393 e. The van der Waals surface area contributed by atoms with Crippen LogP contribution in [0.1, 0.15) is 78.1 Å². The molecule has 4 aliphatic rings. The van der Waals surface area contributed by atoms with Crippen LogP contribution in [0, 0.1) is 34.5 Å². The van der Waals surface area contributed by atoms with Crippen LogP contribution in [-0.2, 0) is 0 Å². The van der Waals surface area contributed by atoms with Crippen molar-refractivity contribution >= 4 is 0 Å². The lowest BCUT2D eigenvalue weighted by atomic mass is 9.45. The van der Waals surface area contributed by atoms with Crippen LogP contribution in [0.3, 0.4) is 0 Å². The van der Waals surface area contributed by atoms with E-state index in [0.29, 0.717) is 10.8 Å². The molecule has 4 rings (SSSR count). The molecule has 0 bridgehead atoms. The zero-order valence-electron chi connectivity index (χ0n) is 13.4. The van der Waals surface area contributed by atoms with Gasteiger partial charge in [-0.1, -0.05) is 26.7 Å². The van der Waals surface area contributed by atoms with Crippen LogP contribution in [-0.4, -0.2) is 11.2 Å². The van der Waals surface area contributed by atoms with Crippen LogP contribution in [0.25, 0.3) is 0 Å². The Morgan fingerprint density at radius 2 is 1.75 bits per heavy atom. The van der Waals surface area contributed by atoms with Crippen molar-refractivity contribution in [2.24, 2.45) is 34.5 Å². The second kappa shape index (κ2) is 4.48. The lowest BCUT2D eigenvalue weighted by Gasteiger charge is -2.60. The minimum Gasteiger partial charge on any atom is -0.393 e. The molecule has 0 spiro atoms. The first-order valence-electron chi connectivity index (χ1n) is 9.21. The van der Waals surface area contributed by atoms with Gasteiger partial charge >= 0.3 is 0 Å². The van der Waals surface area contributed by atoms with Gasteiger partial charge in [0.2, 0.25) is 0 Å². The van der Waals surface area contributed by atoms with Gasteiger partial charge in [0.25, 0.3) is 0 Å². The van der Waals surface area contributed by atoms with E-state index in [-0.39, 0.29) is 6.10 Å². The van der Waals surface area contributed by atoms with Crippen LogP contribution < -0.4 is 0 Å². The van der Waals surface area contributed by atoms with E-state index in [1.54, 1.807) is 0 Å². The van der Waals surface area contributed by atoms with Crippen molar-refractivity contribution in [3.05, 3.63) is 0 Å². The van der Waals surface area contributed by atoms with E-state index in [1.165, 1.54) is 51.4 Å². The highest BCUT2D eigenvalue weighted by atomic mass is 16.3. The van der Waals surface area contributed by atoms with Crippen LogP contribution >= 0.6 is 0 Å². The zero-order valence-corrected chi connectivity index (χ0v) is 13.4. The normalized spacial score (nSPS) is 58.6. The maximum Gasteiger partial charge on any atom is 0.0548 e. The van der Waals surface area contributed by atoms with Gasteiger partial charge in [-0.25, -0.2) is 0 Å². The molecule has 4 saturated carbocycles. The molecule has 7 atom stereocenters. The first kappa shape index (κ1) is 13.6. The second-order valence-electron chi connectivity index (χ2n) is 9.19. The molecule has 0 aromatic heterocycles. The van der Waals surface area contributed by atoms with Crippen molar-refractivity contribution < 1.29 is 5.11 Å². The maximum absolute atomic E-state index is 10.2. The molecule has 0 saturated heterocycles. The van der Waals surface area contributed by atoms with E-state index in [9.17, 15) is 5.11 Å². The summed E-state index contributed by atoms with van der Waals surface area (Å²) in [6.45, 7) is 5.13. The Morgan fingerprint density at radius 1 is 0.900 bits per heavy atom. The Morgan fingerprint density at radius 3 is 2.60 bits per heavy atom. The molecule has 20 heavy (non-hydrogen) atoms. The summed E-state index contributed by atoms with van der Waals surface area (Å²) in [4.78, 5) is 0. The fraction of sp³-hybridized carbons (Fsp3) is 1.00. The molecule has 0 aromatic carbocycles. The average Bonchev–Trinajstić information content (AvgIpc) is 2.72. The Labute approximate surface area is 124 Å². The summed E-state index contributed by atoms with van der Waals surface area (Å²) in [6, 6.07) is 0. The summed E-state index contributed by atoms with van der Waals surface area (Å²) < 4.78 is 0. The summed E-state index contributed by atoms with van der Waals surface area (Å²) in [5, 5.41) is 10.2. The van der Waals surface area contributed by atoms with Gasteiger partial charge < -0.3 is 5.11 Å². The molecule has 0 heterocycles. The van der Waals surface area contributed by atoms with Gasteiger partial charge in [0, 0.05) is 0 Å². The van der Waals surface area contributed by atoms with Crippen LogP contribution in [0.5, 0.6) is 0 Å². The molecule has 0 aromatic rings. The molecule has 114 valence electrons. The molecule has 1 heteroatoms. The highest BCUT2D eigenvalue weighted by molar-refractivity contribution is 5.07. The van der Waals surface area contributed by atoms with Gasteiger partial charge in [0.1, 0.15) is 0 Å². The van der Waals surface area contributed by atoms with Gasteiger partial charge in [-0.05, 0) is 85.9 Å². The topological polar surface area (TPSA) is 20.2 Å². The monoisotopic (exact) mass is 276 g/mol. The van der Waals surface area contributed by atoms with Crippen LogP contribution in [0.4, 0.5) is 0 Å². The quantitative estimate of drug-likeness (QED) is 0.675. The first-order chi connectivity index (χ1) is 9.53. The third-order valence-electron chi connectivity index (χ3n) is 8.33. The molecular formula is C19H32O. The highest BCUT2D eigenvalue weighted by Gasteiger charge is 2.58. The van der Waals surface area contributed by atoms with E-state index in [4.69, 9.17) is 0 Å². The van der Waals surface area contributed by atoms with Gasteiger partial charge in [-0.15, -0.1) is 0 Å². The van der Waals surface area contributed by atoms with Crippen LogP contribution in [0.15, 0.2) is 0 Å². The molecule has 0 unspecified atom stereocenters. The number of rotatable bonds is 0. The number of hydrogen-bond acceptors (Lipinski definition) is 1. The minimum absolute atomic E-state index is 0.000588. The van der Waals surface area contributed by atoms with Crippen molar-refractivity contribution in [1.82, 2.24) is 0 Å². The Balaban J connectivity index is 1.64. The van der Waals surface area contributed by atoms with Crippen molar-refractivity contribution in [3.8, 4) is 0 Å². The van der Waals surface area contributed by atoms with Gasteiger partial charge in [0.05, 0.1) is 6.10 Å². The van der Waals surface area contributed by atoms with E-state index in [2.05, 4.69) is 13.8 Å². The van der Waals surface area contributed by atoms with E-state index < -0.39 is 0 Å². The zero-order chi connectivity index (χ0) is 14.0. The Kier molecular flexibility index (Phi) is 3.05. The molecule has 0 amide bonds. The van der Waals surface area contributed by atoms with Crippen molar-refractivity contribution in [2.75, 3.05) is 0 Å². The molecule has 4 fully saturated rings. The fourth-order valence-electron chi connectivity index (χ4n) is 7.32. The van der Waals surface area contributed by atoms with Gasteiger partial charge in [-0.3, -0.25) is 0 Å². The van der Waals surface area contributed by atoms with Gasteiger partial charge in [0.15, 0.2) is 0 Å². The smallest absolute Gasteiger partial charge is 0.0548 e. The van der Waals surface area contributed by atoms with Crippen molar-refractivity contribution in [3.63, 3.8) is 0 Å². The minimum atomic E-state index is 0.000588. The summed E-state index contributed by atoms with van der Waals surface area (Å²) >= 11 is 0. The second-order valence-corrected chi connectivity index (χ2v) is 9.19. The predicted octanol–water partition coefficient (Wildman–Crippen LogP) is 4.78. The summed E-state index contributed by atoms with van der Waals surface area (Å²) in [5.41, 5.74) is 1.12. The van der Waals surface area contributed by atoms with Crippen LogP contribution in [0.2, 0.25) is 0 Å². The number of aliphatic hydroxyl groups is 1. The molecule has 4 aliphatic carbocycles. The third kappa shape index (κ3) is 1.77. The molecule has 0 radical (unpaired) electrons. The number of hydrogen-bond donors (Lipinski definition) is 1. The lowest BCUT2D eigenvalue weighted by molar-refractivity contribution is -0.103. The Hall–Kier alpha value is -0.0400. The summed E-state index contributed by atoms with van der Waals surface area (Å²) in [6.07, 6.45) is 13.9. The van der Waals surface area contributed by atoms with E-state index in [1.807, 2.05) is 0 Å². The Bertz CT molecular complexity index is 391. The summed E-state index contributed by atoms with van der Waals surface area (Å²) in [7, 11) is 0. The predicted molar refractivity (Wildman–Crippen MR) is 82.4 cm³/mol. The SMILES string of the molecule is C[C@@]12CC[C@@H]3[C@H](CC[C@H]4CCCC[C@@]43C)[C@@H]1C[C@@H](O)C2. The average molecular weight is 276 g/mol. The molecule has 1 N–H and O–H groups in total. The highest BCUT2D eigenvalue weighted by Crippen LogP contribution is 2.66. The first-order valence-corrected chi connectivity index (χ1v) is 9.21. The lowest BCUT2D eigenvalue weighted by Crippen LogP contribution is -2.51. The standard InChI is InChI=1S/C19H32O/c1-18-10-8-16-15(17(18)11-14(20)12-18)7-6-13-5-3-4-9-19(13,16)2/h13-17,20H,3-12H2,1-2H3/t13-,14-,15+,16-,17+,18+,19+/m1/s1. The number of aliphatic hydroxyl groups excluding tert-OH is 1.